The number of aryl methyl sites for hydroxylation is 2. The number of aromatic nitrogens is 2. The van der Waals surface area contributed by atoms with E-state index in [-0.39, 0.29) is 24.0 Å². The first-order valence-electron chi connectivity index (χ1n) is 15.9. The molecule has 0 bridgehead atoms. The first kappa shape index (κ1) is 34.6. The van der Waals surface area contributed by atoms with E-state index < -0.39 is 0 Å². The van der Waals surface area contributed by atoms with Crippen molar-refractivity contribution in [2.75, 3.05) is 25.1 Å². The maximum absolute atomic E-state index is 13.9. The molecule has 0 aliphatic carbocycles. The third kappa shape index (κ3) is 7.70. The van der Waals surface area contributed by atoms with Crippen molar-refractivity contribution in [1.29, 1.82) is 0 Å². The second kappa shape index (κ2) is 15.5. The summed E-state index contributed by atoms with van der Waals surface area (Å²) in [5.41, 5.74) is 5.40. The van der Waals surface area contributed by atoms with Crippen LogP contribution in [-0.2, 0) is 4.79 Å². The minimum atomic E-state index is -0.287. The molecule has 0 aliphatic rings. The maximum Gasteiger partial charge on any atom is 0.282 e. The minimum Gasteiger partial charge on any atom is -0.494 e. The summed E-state index contributed by atoms with van der Waals surface area (Å²) in [6.45, 7) is 12.7. The van der Waals surface area contributed by atoms with Crippen LogP contribution in [0, 0.1) is 17.4 Å². The Balaban J connectivity index is 1.53. The summed E-state index contributed by atoms with van der Waals surface area (Å²) in [6.07, 6.45) is 1.61. The average Bonchev–Trinajstić information content (AvgIpc) is 3.05. The summed E-state index contributed by atoms with van der Waals surface area (Å²) in [6, 6.07) is 22.5. The number of nitrogens with one attached hydrogen (secondary N) is 1. The van der Waals surface area contributed by atoms with Crippen LogP contribution in [-0.4, -0.2) is 41.6 Å². The molecular weight excluding hydrogens is 719 g/mol. The zero-order chi connectivity index (χ0) is 34.4. The smallest absolute Gasteiger partial charge is 0.282 e. The van der Waals surface area contributed by atoms with Crippen molar-refractivity contribution < 1.29 is 19.0 Å². The maximum atomic E-state index is 13.9. The van der Waals surface area contributed by atoms with Crippen LogP contribution in [0.5, 0.6) is 17.2 Å². The summed E-state index contributed by atoms with van der Waals surface area (Å²) >= 11 is 2.15. The van der Waals surface area contributed by atoms with Crippen molar-refractivity contribution in [3.05, 3.63) is 109 Å². The predicted octanol–water partition coefficient (Wildman–Crippen LogP) is 8.11. The molecule has 0 spiro atoms. The van der Waals surface area contributed by atoms with E-state index in [2.05, 4.69) is 41.8 Å². The number of carbonyl (C=O) groups excluding carboxylic acids is 1. The molecule has 1 N–H and O–H groups in total. The molecular formula is C38H39IN4O5. The third-order valence-electron chi connectivity index (χ3n) is 7.69. The Bertz CT molecular complexity index is 2050. The van der Waals surface area contributed by atoms with Gasteiger partial charge in [0.25, 0.3) is 11.5 Å². The molecule has 0 fully saturated rings. The Kier molecular flexibility index (Phi) is 11.2. The fourth-order valence-corrected chi connectivity index (χ4v) is 6.08. The molecule has 1 aromatic heterocycles. The average molecular weight is 759 g/mol. The summed E-state index contributed by atoms with van der Waals surface area (Å²) in [7, 11) is 0. The van der Waals surface area contributed by atoms with Crippen LogP contribution in [0.3, 0.4) is 0 Å². The topological polar surface area (TPSA) is 104 Å². The number of hydrogen-bond donors (Lipinski definition) is 1. The van der Waals surface area contributed by atoms with E-state index in [1.165, 1.54) is 4.68 Å². The lowest BCUT2D eigenvalue weighted by Crippen LogP contribution is -2.21. The van der Waals surface area contributed by atoms with Gasteiger partial charge in [-0.05, 0) is 121 Å². The Morgan fingerprint density at radius 1 is 0.938 bits per heavy atom. The number of benzene rings is 4. The van der Waals surface area contributed by atoms with Gasteiger partial charge in [0.2, 0.25) is 0 Å². The second-order valence-electron chi connectivity index (χ2n) is 11.5. The number of fused-ring (bicyclic) bond motifs is 1. The standard InChI is InChI=1S/C38H39IN4O5/c1-7-46-33-17-25(6)29(20-28(33)23(3)4)37-42-32-16-12-10-14-27(32)38(45)43(37)40-21-26-18-30(39)36(34(19-26)47-8-2)48-22-35(44)41-31-15-11-9-13-24(31)5/h9-21,23H,7-8,22H2,1-6H3,(H,41,44). The van der Waals surface area contributed by atoms with E-state index in [0.29, 0.717) is 47.0 Å². The number of rotatable bonds is 12. The quantitative estimate of drug-likeness (QED) is 0.102. The molecule has 248 valence electrons. The molecule has 0 atom stereocenters. The van der Waals surface area contributed by atoms with Crippen molar-refractivity contribution in [3.63, 3.8) is 0 Å². The molecule has 0 saturated heterocycles. The number of hydrogen-bond acceptors (Lipinski definition) is 7. The zero-order valence-corrected chi connectivity index (χ0v) is 30.1. The first-order valence-corrected chi connectivity index (χ1v) is 17.0. The highest BCUT2D eigenvalue weighted by Gasteiger charge is 2.19. The van der Waals surface area contributed by atoms with E-state index in [9.17, 15) is 9.59 Å². The molecule has 5 rings (SSSR count). The lowest BCUT2D eigenvalue weighted by Gasteiger charge is -2.18. The SMILES string of the molecule is CCOc1cc(C)c(-c2nc3ccccc3c(=O)n2N=Cc2cc(I)c(OCC(=O)Nc3ccccc3C)c(OCC)c2)cc1C(C)C. The number of ether oxygens (including phenoxy) is 3. The Labute approximate surface area is 294 Å². The van der Waals surface area contributed by atoms with Crippen molar-refractivity contribution in [2.45, 2.75) is 47.5 Å². The van der Waals surface area contributed by atoms with Crippen molar-refractivity contribution >= 4 is 51.3 Å². The van der Waals surface area contributed by atoms with Crippen LogP contribution in [0.15, 0.2) is 82.7 Å². The Hall–Kier alpha value is -4.71. The van der Waals surface area contributed by atoms with E-state index in [1.807, 2.05) is 88.4 Å². The summed E-state index contributed by atoms with van der Waals surface area (Å²) < 4.78 is 19.9. The molecule has 1 heterocycles. The van der Waals surface area contributed by atoms with Gasteiger partial charge in [0.05, 0.1) is 33.9 Å². The molecule has 0 saturated carbocycles. The van der Waals surface area contributed by atoms with Gasteiger partial charge in [-0.3, -0.25) is 9.59 Å². The first-order chi connectivity index (χ1) is 23.1. The van der Waals surface area contributed by atoms with E-state index in [4.69, 9.17) is 24.3 Å². The second-order valence-corrected chi connectivity index (χ2v) is 12.7. The van der Waals surface area contributed by atoms with Gasteiger partial charge in [-0.2, -0.15) is 9.78 Å². The van der Waals surface area contributed by atoms with Gasteiger partial charge < -0.3 is 19.5 Å². The van der Waals surface area contributed by atoms with E-state index >= 15 is 0 Å². The van der Waals surface area contributed by atoms with Gasteiger partial charge in [-0.1, -0.05) is 44.2 Å². The number of nitrogens with zero attached hydrogens (tertiary/aromatic N) is 3. The minimum absolute atomic E-state index is 0.184. The fourth-order valence-electron chi connectivity index (χ4n) is 5.30. The van der Waals surface area contributed by atoms with Crippen LogP contribution in [0.1, 0.15) is 55.9 Å². The van der Waals surface area contributed by atoms with Crippen molar-refractivity contribution in [2.24, 2.45) is 5.10 Å². The lowest BCUT2D eigenvalue weighted by atomic mass is 9.96. The zero-order valence-electron chi connectivity index (χ0n) is 28.0. The molecule has 5 aromatic rings. The molecule has 48 heavy (non-hydrogen) atoms. The predicted molar refractivity (Wildman–Crippen MR) is 200 cm³/mol. The van der Waals surface area contributed by atoms with Crippen LogP contribution in [0.2, 0.25) is 0 Å². The van der Waals surface area contributed by atoms with Crippen LogP contribution in [0.4, 0.5) is 5.69 Å². The fraction of sp³-hybridized carbons (Fsp3) is 0.263. The van der Waals surface area contributed by atoms with E-state index in [0.717, 1.165) is 37.3 Å². The normalized spacial score (nSPS) is 11.3. The third-order valence-corrected chi connectivity index (χ3v) is 8.50. The molecule has 0 radical (unpaired) electrons. The number of carbonyl (C=O) groups is 1. The monoisotopic (exact) mass is 758 g/mol. The van der Waals surface area contributed by atoms with Gasteiger partial charge >= 0.3 is 0 Å². The highest BCUT2D eigenvalue weighted by molar-refractivity contribution is 14.1. The van der Waals surface area contributed by atoms with Gasteiger partial charge in [0, 0.05) is 11.3 Å². The number of para-hydroxylation sites is 2. The summed E-state index contributed by atoms with van der Waals surface area (Å²) in [5, 5.41) is 8.05. The molecule has 0 unspecified atom stereocenters. The highest BCUT2D eigenvalue weighted by Crippen LogP contribution is 2.36. The number of anilines is 1. The lowest BCUT2D eigenvalue weighted by molar-refractivity contribution is -0.118. The van der Waals surface area contributed by atoms with E-state index in [1.54, 1.807) is 18.3 Å². The van der Waals surface area contributed by atoms with Crippen LogP contribution < -0.4 is 25.1 Å². The largest absolute Gasteiger partial charge is 0.494 e. The Morgan fingerprint density at radius 2 is 1.65 bits per heavy atom. The van der Waals surface area contributed by atoms with Crippen LogP contribution in [0.25, 0.3) is 22.3 Å². The molecule has 4 aromatic carbocycles. The molecule has 9 nitrogen and oxygen atoms in total. The van der Waals surface area contributed by atoms with Crippen molar-refractivity contribution in [3.8, 4) is 28.6 Å². The Morgan fingerprint density at radius 3 is 2.38 bits per heavy atom. The summed E-state index contributed by atoms with van der Waals surface area (Å²) in [4.78, 5) is 31.6. The highest BCUT2D eigenvalue weighted by atomic mass is 127. The van der Waals surface area contributed by atoms with Crippen molar-refractivity contribution in [1.82, 2.24) is 9.66 Å². The number of halogens is 1. The number of amides is 1. The van der Waals surface area contributed by atoms with Gasteiger partial charge in [0.1, 0.15) is 5.75 Å². The van der Waals surface area contributed by atoms with Gasteiger partial charge in [-0.25, -0.2) is 4.98 Å². The van der Waals surface area contributed by atoms with Gasteiger partial charge in [-0.15, -0.1) is 0 Å². The molecule has 0 aliphatic heterocycles. The molecule has 1 amide bonds. The van der Waals surface area contributed by atoms with Crippen LogP contribution >= 0.6 is 22.6 Å². The summed E-state index contributed by atoms with van der Waals surface area (Å²) in [5.74, 6) is 2.06. The molecule has 10 heteroatoms. The van der Waals surface area contributed by atoms with Gasteiger partial charge in [0.15, 0.2) is 23.9 Å².